The van der Waals surface area contributed by atoms with E-state index in [1.54, 1.807) is 24.3 Å². The number of amides is 1. The van der Waals surface area contributed by atoms with E-state index in [9.17, 15) is 9.59 Å². The van der Waals surface area contributed by atoms with E-state index in [4.69, 9.17) is 23.2 Å². The summed E-state index contributed by atoms with van der Waals surface area (Å²) in [5.41, 5.74) is 1.76. The molecule has 0 radical (unpaired) electrons. The van der Waals surface area contributed by atoms with E-state index in [1.165, 1.54) is 0 Å². The maximum atomic E-state index is 12.6. The molecule has 1 fully saturated rings. The highest BCUT2D eigenvalue weighted by molar-refractivity contribution is 6.30. The molecule has 1 amide bonds. The summed E-state index contributed by atoms with van der Waals surface area (Å²) in [5, 5.41) is 1.32. The van der Waals surface area contributed by atoms with E-state index in [0.717, 1.165) is 5.56 Å². The smallest absolute Gasteiger partial charge is 0.222 e. The molecule has 5 heteroatoms. The number of Topliss-reactive ketones (excluding diaryl/α,β-unsaturated/α-hetero) is 1. The average molecular weight is 390 g/mol. The van der Waals surface area contributed by atoms with Crippen LogP contribution in [-0.4, -0.2) is 29.7 Å². The second kappa shape index (κ2) is 8.70. The van der Waals surface area contributed by atoms with Crippen molar-refractivity contribution < 1.29 is 9.59 Å². The number of carbonyl (C=O) groups excluding carboxylic acids is 2. The summed E-state index contributed by atoms with van der Waals surface area (Å²) in [7, 11) is 0. The summed E-state index contributed by atoms with van der Waals surface area (Å²) in [4.78, 5) is 26.9. The van der Waals surface area contributed by atoms with Crippen molar-refractivity contribution >= 4 is 34.9 Å². The quantitative estimate of drug-likeness (QED) is 0.671. The lowest BCUT2D eigenvalue weighted by Crippen LogP contribution is -2.40. The Hall–Kier alpha value is -1.84. The summed E-state index contributed by atoms with van der Waals surface area (Å²) < 4.78 is 0. The number of rotatable bonds is 5. The second-order valence-corrected chi connectivity index (χ2v) is 7.53. The molecule has 1 aliphatic heterocycles. The van der Waals surface area contributed by atoms with E-state index in [-0.39, 0.29) is 17.6 Å². The molecule has 3 nitrogen and oxygen atoms in total. The number of likely N-dealkylation sites (tertiary alicyclic amines) is 1. The largest absolute Gasteiger partial charge is 0.343 e. The Kier molecular flexibility index (Phi) is 6.33. The van der Waals surface area contributed by atoms with Crippen molar-refractivity contribution in [2.75, 3.05) is 13.1 Å². The maximum absolute atomic E-state index is 12.6. The van der Waals surface area contributed by atoms with Crippen LogP contribution in [0.25, 0.3) is 0 Å². The number of ketones is 1. The van der Waals surface area contributed by atoms with Crippen molar-refractivity contribution in [3.63, 3.8) is 0 Å². The highest BCUT2D eigenvalue weighted by Gasteiger charge is 2.27. The van der Waals surface area contributed by atoms with Crippen LogP contribution in [0.1, 0.15) is 35.2 Å². The van der Waals surface area contributed by atoms with Crippen LogP contribution in [-0.2, 0) is 11.2 Å². The highest BCUT2D eigenvalue weighted by Crippen LogP contribution is 2.23. The fourth-order valence-electron chi connectivity index (χ4n) is 3.34. The van der Waals surface area contributed by atoms with Crippen molar-refractivity contribution in [1.82, 2.24) is 4.90 Å². The standard InChI is InChI=1S/C21H21Cl2NO2/c22-18-7-5-16(6-8-18)21(26)17-10-12-24(13-11-17)20(25)9-4-15-2-1-3-19(23)14-15/h1-3,5-8,14,17H,4,9-13H2. The number of nitrogens with zero attached hydrogens (tertiary/aromatic N) is 1. The van der Waals surface area contributed by atoms with Gasteiger partial charge in [0, 0.05) is 41.0 Å². The summed E-state index contributed by atoms with van der Waals surface area (Å²) in [6.45, 7) is 1.27. The first-order chi connectivity index (χ1) is 12.5. The Labute approximate surface area is 163 Å². The minimum absolute atomic E-state index is 0.0202. The van der Waals surface area contributed by atoms with E-state index in [1.807, 2.05) is 29.2 Å². The third kappa shape index (κ3) is 4.87. The predicted octanol–water partition coefficient (Wildman–Crippen LogP) is 5.05. The van der Waals surface area contributed by atoms with Gasteiger partial charge in [-0.2, -0.15) is 0 Å². The van der Waals surface area contributed by atoms with Gasteiger partial charge in [-0.3, -0.25) is 9.59 Å². The molecule has 2 aromatic rings. The first-order valence-corrected chi connectivity index (χ1v) is 9.60. The lowest BCUT2D eigenvalue weighted by Gasteiger charge is -2.31. The molecule has 0 bridgehead atoms. The van der Waals surface area contributed by atoms with E-state index < -0.39 is 0 Å². The molecule has 2 aromatic carbocycles. The molecule has 1 saturated heterocycles. The zero-order chi connectivity index (χ0) is 18.5. The van der Waals surface area contributed by atoms with E-state index >= 15 is 0 Å². The van der Waals surface area contributed by atoms with Gasteiger partial charge in [0.1, 0.15) is 0 Å². The SMILES string of the molecule is O=C(c1ccc(Cl)cc1)C1CCN(C(=O)CCc2cccc(Cl)c2)CC1. The van der Waals surface area contributed by atoms with Crippen LogP contribution >= 0.6 is 23.2 Å². The van der Waals surface area contributed by atoms with Gasteiger partial charge >= 0.3 is 0 Å². The monoisotopic (exact) mass is 389 g/mol. The molecule has 1 aliphatic rings. The molecule has 0 atom stereocenters. The van der Waals surface area contributed by atoms with Gasteiger partial charge in [-0.15, -0.1) is 0 Å². The van der Waals surface area contributed by atoms with Crippen LogP contribution in [0.2, 0.25) is 10.0 Å². The van der Waals surface area contributed by atoms with Gasteiger partial charge in [-0.25, -0.2) is 0 Å². The van der Waals surface area contributed by atoms with Gasteiger partial charge in [0.15, 0.2) is 5.78 Å². The van der Waals surface area contributed by atoms with Gasteiger partial charge in [-0.05, 0) is 61.2 Å². The van der Waals surface area contributed by atoms with E-state index in [2.05, 4.69) is 0 Å². The molecule has 136 valence electrons. The number of carbonyl (C=O) groups is 2. The fourth-order valence-corrected chi connectivity index (χ4v) is 3.68. The molecule has 0 spiro atoms. The average Bonchev–Trinajstić information content (AvgIpc) is 2.66. The molecule has 26 heavy (non-hydrogen) atoms. The number of halogens is 2. The molecular weight excluding hydrogens is 369 g/mol. The van der Waals surface area contributed by atoms with Gasteiger partial charge < -0.3 is 4.90 Å². The molecule has 0 aromatic heterocycles. The molecule has 0 saturated carbocycles. The van der Waals surface area contributed by atoms with Crippen LogP contribution < -0.4 is 0 Å². The molecule has 3 rings (SSSR count). The first kappa shape index (κ1) is 18.9. The summed E-state index contributed by atoms with van der Waals surface area (Å²) in [6, 6.07) is 14.6. The number of aryl methyl sites for hydroxylation is 1. The van der Waals surface area contributed by atoms with Gasteiger partial charge in [0.05, 0.1) is 0 Å². The van der Waals surface area contributed by atoms with Crippen LogP contribution in [0.5, 0.6) is 0 Å². The summed E-state index contributed by atoms with van der Waals surface area (Å²) in [5.74, 6) is 0.267. The van der Waals surface area contributed by atoms with Crippen molar-refractivity contribution in [1.29, 1.82) is 0 Å². The third-order valence-electron chi connectivity index (χ3n) is 4.86. The molecule has 1 heterocycles. The third-order valence-corrected chi connectivity index (χ3v) is 5.35. The zero-order valence-corrected chi connectivity index (χ0v) is 16.0. The van der Waals surface area contributed by atoms with Crippen molar-refractivity contribution in [2.24, 2.45) is 5.92 Å². The number of benzene rings is 2. The van der Waals surface area contributed by atoms with Crippen molar-refractivity contribution in [2.45, 2.75) is 25.7 Å². The number of hydrogen-bond donors (Lipinski definition) is 0. The van der Waals surface area contributed by atoms with E-state index in [0.29, 0.717) is 54.4 Å². The molecular formula is C21H21Cl2NO2. The Morgan fingerprint density at radius 1 is 0.962 bits per heavy atom. The minimum Gasteiger partial charge on any atom is -0.343 e. The predicted molar refractivity (Wildman–Crippen MR) is 105 cm³/mol. The molecule has 0 N–H and O–H groups in total. The fraction of sp³-hybridized carbons (Fsp3) is 0.333. The normalized spacial score (nSPS) is 15.1. The Morgan fingerprint density at radius 3 is 2.31 bits per heavy atom. The Bertz CT molecular complexity index is 781. The zero-order valence-electron chi connectivity index (χ0n) is 14.5. The summed E-state index contributed by atoms with van der Waals surface area (Å²) in [6.07, 6.45) is 2.58. The van der Waals surface area contributed by atoms with Crippen molar-refractivity contribution in [3.8, 4) is 0 Å². The summed E-state index contributed by atoms with van der Waals surface area (Å²) >= 11 is 11.9. The Morgan fingerprint density at radius 2 is 1.65 bits per heavy atom. The van der Waals surface area contributed by atoms with Crippen LogP contribution in [0.4, 0.5) is 0 Å². The van der Waals surface area contributed by atoms with Gasteiger partial charge in [0.25, 0.3) is 0 Å². The molecule has 0 aliphatic carbocycles. The van der Waals surface area contributed by atoms with Crippen LogP contribution in [0, 0.1) is 5.92 Å². The first-order valence-electron chi connectivity index (χ1n) is 8.85. The number of piperidine rings is 1. The lowest BCUT2D eigenvalue weighted by molar-refractivity contribution is -0.132. The lowest BCUT2D eigenvalue weighted by atomic mass is 9.88. The second-order valence-electron chi connectivity index (χ2n) is 6.66. The topological polar surface area (TPSA) is 37.4 Å². The van der Waals surface area contributed by atoms with Crippen LogP contribution in [0.15, 0.2) is 48.5 Å². The highest BCUT2D eigenvalue weighted by atomic mass is 35.5. The minimum atomic E-state index is -0.0202. The number of hydrogen-bond acceptors (Lipinski definition) is 2. The Balaban J connectivity index is 1.49. The molecule has 0 unspecified atom stereocenters. The maximum Gasteiger partial charge on any atom is 0.222 e. The van der Waals surface area contributed by atoms with Gasteiger partial charge in [0.2, 0.25) is 5.91 Å². The van der Waals surface area contributed by atoms with Gasteiger partial charge in [-0.1, -0.05) is 35.3 Å². The van der Waals surface area contributed by atoms with Crippen LogP contribution in [0.3, 0.4) is 0 Å². The van der Waals surface area contributed by atoms with Crippen molar-refractivity contribution in [3.05, 3.63) is 69.7 Å².